The molecule has 92 valence electrons. The molecule has 0 aromatic heterocycles. The third kappa shape index (κ3) is 2.95. The van der Waals surface area contributed by atoms with Crippen molar-refractivity contribution in [2.24, 2.45) is 5.41 Å². The van der Waals surface area contributed by atoms with Gasteiger partial charge in [0.05, 0.1) is 6.61 Å². The minimum Gasteiger partial charge on any atom is -0.366 e. The van der Waals surface area contributed by atoms with Crippen LogP contribution in [-0.2, 0) is 9.53 Å². The van der Waals surface area contributed by atoms with Crippen molar-refractivity contribution in [3.8, 4) is 0 Å². The van der Waals surface area contributed by atoms with E-state index in [0.29, 0.717) is 18.6 Å². The summed E-state index contributed by atoms with van der Waals surface area (Å²) >= 11 is 0. The van der Waals surface area contributed by atoms with Crippen molar-refractivity contribution in [1.82, 2.24) is 10.6 Å². The average molecular weight is 226 g/mol. The van der Waals surface area contributed by atoms with Crippen molar-refractivity contribution in [3.05, 3.63) is 0 Å². The van der Waals surface area contributed by atoms with Gasteiger partial charge in [0.1, 0.15) is 6.10 Å². The summed E-state index contributed by atoms with van der Waals surface area (Å²) in [5.41, 5.74) is 0.317. The molecule has 2 aliphatic rings. The molecule has 1 aliphatic carbocycles. The molecule has 4 heteroatoms. The molecule has 0 bridgehead atoms. The summed E-state index contributed by atoms with van der Waals surface area (Å²) in [6, 6.07) is 0. The van der Waals surface area contributed by atoms with Gasteiger partial charge in [-0.3, -0.25) is 4.79 Å². The Morgan fingerprint density at radius 3 is 2.88 bits per heavy atom. The summed E-state index contributed by atoms with van der Waals surface area (Å²) in [4.78, 5) is 11.8. The monoisotopic (exact) mass is 226 g/mol. The number of hydrogen-bond acceptors (Lipinski definition) is 3. The van der Waals surface area contributed by atoms with Crippen LogP contribution in [0.25, 0.3) is 0 Å². The Labute approximate surface area is 97.1 Å². The second-order valence-corrected chi connectivity index (χ2v) is 5.30. The highest BCUT2D eigenvalue weighted by molar-refractivity contribution is 5.81. The minimum absolute atomic E-state index is 0.0420. The molecule has 0 radical (unpaired) electrons. The van der Waals surface area contributed by atoms with Crippen LogP contribution in [0.15, 0.2) is 0 Å². The Balaban J connectivity index is 1.74. The van der Waals surface area contributed by atoms with Crippen LogP contribution in [0.5, 0.6) is 0 Å². The molecule has 2 fully saturated rings. The fourth-order valence-electron chi connectivity index (χ4n) is 2.55. The van der Waals surface area contributed by atoms with Gasteiger partial charge < -0.3 is 15.4 Å². The topological polar surface area (TPSA) is 50.4 Å². The molecule has 2 N–H and O–H groups in total. The van der Waals surface area contributed by atoms with Crippen LogP contribution in [0.3, 0.4) is 0 Å². The maximum atomic E-state index is 11.8. The molecule has 1 amide bonds. The quantitative estimate of drug-likeness (QED) is 0.743. The lowest BCUT2D eigenvalue weighted by atomic mass is 9.89. The second kappa shape index (κ2) is 5.15. The molecule has 1 atom stereocenters. The number of amides is 1. The van der Waals surface area contributed by atoms with Crippen LogP contribution < -0.4 is 10.6 Å². The van der Waals surface area contributed by atoms with Crippen LogP contribution in [0.1, 0.15) is 32.6 Å². The average Bonchev–Trinajstić information content (AvgIpc) is 2.75. The van der Waals surface area contributed by atoms with E-state index in [2.05, 4.69) is 17.6 Å². The number of ether oxygens (including phenoxy) is 1. The first-order valence-corrected chi connectivity index (χ1v) is 6.30. The molecular formula is C12H22N2O2. The van der Waals surface area contributed by atoms with Gasteiger partial charge in [-0.05, 0) is 18.3 Å². The molecule has 1 heterocycles. The summed E-state index contributed by atoms with van der Waals surface area (Å²) in [5, 5.41) is 6.20. The van der Waals surface area contributed by atoms with Gasteiger partial charge in [-0.2, -0.15) is 0 Å². The van der Waals surface area contributed by atoms with Crippen molar-refractivity contribution >= 4 is 5.91 Å². The molecule has 1 aliphatic heterocycles. The van der Waals surface area contributed by atoms with Crippen LogP contribution in [0.4, 0.5) is 0 Å². The largest absolute Gasteiger partial charge is 0.366 e. The van der Waals surface area contributed by atoms with E-state index < -0.39 is 0 Å². The van der Waals surface area contributed by atoms with Gasteiger partial charge in [0.25, 0.3) is 0 Å². The molecule has 1 saturated carbocycles. The molecule has 1 saturated heterocycles. The molecule has 2 rings (SSSR count). The summed E-state index contributed by atoms with van der Waals surface area (Å²) in [6.07, 6.45) is 4.77. The van der Waals surface area contributed by atoms with E-state index in [-0.39, 0.29) is 12.0 Å². The Kier molecular flexibility index (Phi) is 3.82. The Morgan fingerprint density at radius 1 is 1.50 bits per heavy atom. The first kappa shape index (κ1) is 11.9. The molecular weight excluding hydrogens is 204 g/mol. The zero-order valence-corrected chi connectivity index (χ0v) is 10.1. The van der Waals surface area contributed by atoms with Crippen molar-refractivity contribution in [3.63, 3.8) is 0 Å². The summed E-state index contributed by atoms with van der Waals surface area (Å²) in [6.45, 7) is 5.19. The zero-order valence-electron chi connectivity index (χ0n) is 10.1. The molecule has 1 unspecified atom stereocenters. The number of carbonyl (C=O) groups excluding carboxylic acids is 1. The van der Waals surface area contributed by atoms with E-state index in [1.54, 1.807) is 0 Å². The standard InChI is InChI=1S/C12H22N2O2/c1-12(4-2-3-5-12)9-14-11(15)10-8-13-6-7-16-10/h10,13H,2-9H2,1H3,(H,14,15). The van der Waals surface area contributed by atoms with Crippen molar-refractivity contribution in [1.29, 1.82) is 0 Å². The SMILES string of the molecule is CC1(CNC(=O)C2CNCCO2)CCCC1. The minimum atomic E-state index is -0.293. The molecule has 0 spiro atoms. The number of hydrogen-bond donors (Lipinski definition) is 2. The maximum Gasteiger partial charge on any atom is 0.250 e. The molecule has 0 aromatic carbocycles. The highest BCUT2D eigenvalue weighted by Gasteiger charge is 2.30. The lowest BCUT2D eigenvalue weighted by molar-refractivity contribution is -0.134. The fraction of sp³-hybridized carbons (Fsp3) is 0.917. The van der Waals surface area contributed by atoms with Gasteiger partial charge in [-0.25, -0.2) is 0 Å². The second-order valence-electron chi connectivity index (χ2n) is 5.30. The van der Waals surface area contributed by atoms with Crippen molar-refractivity contribution in [2.45, 2.75) is 38.7 Å². The van der Waals surface area contributed by atoms with Crippen LogP contribution in [0.2, 0.25) is 0 Å². The predicted octanol–water partition coefficient (Wildman–Crippen LogP) is 0.671. The van der Waals surface area contributed by atoms with E-state index in [1.807, 2.05) is 0 Å². The number of carbonyl (C=O) groups is 1. The van der Waals surface area contributed by atoms with Gasteiger partial charge in [-0.15, -0.1) is 0 Å². The van der Waals surface area contributed by atoms with E-state index in [9.17, 15) is 4.79 Å². The Bertz CT molecular complexity index is 243. The van der Waals surface area contributed by atoms with Gasteiger partial charge in [0.2, 0.25) is 5.91 Å². The predicted molar refractivity (Wildman–Crippen MR) is 62.2 cm³/mol. The van der Waals surface area contributed by atoms with E-state index in [0.717, 1.165) is 13.1 Å². The lowest BCUT2D eigenvalue weighted by Crippen LogP contribution is -2.49. The fourth-order valence-corrected chi connectivity index (χ4v) is 2.55. The van der Waals surface area contributed by atoms with Crippen LogP contribution >= 0.6 is 0 Å². The van der Waals surface area contributed by atoms with E-state index in [1.165, 1.54) is 25.7 Å². The van der Waals surface area contributed by atoms with Gasteiger partial charge in [-0.1, -0.05) is 19.8 Å². The molecule has 16 heavy (non-hydrogen) atoms. The lowest BCUT2D eigenvalue weighted by Gasteiger charge is -2.27. The van der Waals surface area contributed by atoms with Crippen molar-refractivity contribution in [2.75, 3.05) is 26.2 Å². The third-order valence-electron chi connectivity index (χ3n) is 3.72. The highest BCUT2D eigenvalue weighted by Crippen LogP contribution is 2.36. The Hall–Kier alpha value is -0.610. The Morgan fingerprint density at radius 2 is 2.25 bits per heavy atom. The number of morpholine rings is 1. The molecule has 0 aromatic rings. The van der Waals surface area contributed by atoms with E-state index in [4.69, 9.17) is 4.74 Å². The first-order chi connectivity index (χ1) is 7.70. The summed E-state index contributed by atoms with van der Waals surface area (Å²) in [5.74, 6) is 0.0420. The maximum absolute atomic E-state index is 11.8. The van der Waals surface area contributed by atoms with Crippen LogP contribution in [0, 0.1) is 5.41 Å². The first-order valence-electron chi connectivity index (χ1n) is 6.30. The summed E-state index contributed by atoms with van der Waals surface area (Å²) < 4.78 is 5.41. The summed E-state index contributed by atoms with van der Waals surface area (Å²) in [7, 11) is 0. The number of rotatable bonds is 3. The van der Waals surface area contributed by atoms with Gasteiger partial charge >= 0.3 is 0 Å². The van der Waals surface area contributed by atoms with Crippen LogP contribution in [-0.4, -0.2) is 38.3 Å². The van der Waals surface area contributed by atoms with Gasteiger partial charge in [0, 0.05) is 19.6 Å². The smallest absolute Gasteiger partial charge is 0.250 e. The highest BCUT2D eigenvalue weighted by atomic mass is 16.5. The molecule has 4 nitrogen and oxygen atoms in total. The zero-order chi connectivity index (χ0) is 11.4. The van der Waals surface area contributed by atoms with Crippen molar-refractivity contribution < 1.29 is 9.53 Å². The van der Waals surface area contributed by atoms with Gasteiger partial charge in [0.15, 0.2) is 0 Å². The van der Waals surface area contributed by atoms with E-state index >= 15 is 0 Å². The normalized spacial score (nSPS) is 28.9. The third-order valence-corrected chi connectivity index (χ3v) is 3.72. The number of nitrogens with one attached hydrogen (secondary N) is 2.